The first-order valence-electron chi connectivity index (χ1n) is 7.71. The van der Waals surface area contributed by atoms with Crippen molar-refractivity contribution in [3.8, 4) is 5.75 Å². The number of ketones is 1. The van der Waals surface area contributed by atoms with Gasteiger partial charge < -0.3 is 15.2 Å². The predicted molar refractivity (Wildman–Crippen MR) is 91.8 cm³/mol. The van der Waals surface area contributed by atoms with Gasteiger partial charge in [0.25, 0.3) is 0 Å². The van der Waals surface area contributed by atoms with Crippen molar-refractivity contribution in [2.45, 2.75) is 53.1 Å². The number of rotatable bonds is 5. The van der Waals surface area contributed by atoms with Crippen molar-refractivity contribution in [3.63, 3.8) is 0 Å². The van der Waals surface area contributed by atoms with Crippen molar-refractivity contribution >= 4 is 11.9 Å². The molecular weight excluding hydrogens is 294 g/mol. The minimum Gasteiger partial charge on any atom is -0.497 e. The van der Waals surface area contributed by atoms with Gasteiger partial charge in [-0.05, 0) is 57.4 Å². The highest BCUT2D eigenvalue weighted by Gasteiger charge is 2.12. The van der Waals surface area contributed by atoms with Gasteiger partial charge in [-0.25, -0.2) is 4.79 Å². The highest BCUT2D eigenvalue weighted by Crippen LogP contribution is 2.14. The lowest BCUT2D eigenvalue weighted by Gasteiger charge is -2.16. The van der Waals surface area contributed by atoms with Gasteiger partial charge in [-0.3, -0.25) is 4.79 Å². The predicted octanol–water partition coefficient (Wildman–Crippen LogP) is 4.19. The quantitative estimate of drug-likeness (QED) is 0.824. The Bertz CT molecular complexity index is 487. The highest BCUT2D eigenvalue weighted by atomic mass is 16.6. The fourth-order valence-corrected chi connectivity index (χ4v) is 1.64. The van der Waals surface area contributed by atoms with Crippen molar-refractivity contribution in [1.29, 1.82) is 0 Å². The number of Topliss-reactive ketones (excluding diaryl/α,β-unsaturated/α-hetero) is 1. The summed E-state index contributed by atoms with van der Waals surface area (Å²) in [6, 6.07) is 7.29. The van der Waals surface area contributed by atoms with Gasteiger partial charge in [0.15, 0.2) is 5.78 Å². The lowest BCUT2D eigenvalue weighted by Crippen LogP contribution is -2.27. The van der Waals surface area contributed by atoms with E-state index in [0.717, 1.165) is 17.7 Å². The first kappa shape index (κ1) is 21.0. The molecule has 23 heavy (non-hydrogen) atoms. The Balaban J connectivity index is 0.000000515. The Morgan fingerprint density at radius 1 is 1.13 bits per heavy atom. The number of benzene rings is 1. The SMILES string of the molecule is CC(C)(C)OC(N)=O.COc1ccc(C(=O)CCC(C)C)cc1. The van der Waals surface area contributed by atoms with Crippen LogP contribution in [0.4, 0.5) is 4.79 Å². The van der Waals surface area contributed by atoms with Crippen LogP contribution in [0.2, 0.25) is 0 Å². The van der Waals surface area contributed by atoms with Gasteiger partial charge in [0, 0.05) is 12.0 Å². The molecule has 0 unspecified atom stereocenters. The summed E-state index contributed by atoms with van der Waals surface area (Å²) >= 11 is 0. The molecule has 2 N–H and O–H groups in total. The molecule has 0 bridgehead atoms. The van der Waals surface area contributed by atoms with Gasteiger partial charge in [0.1, 0.15) is 11.4 Å². The van der Waals surface area contributed by atoms with E-state index >= 15 is 0 Å². The molecule has 0 aliphatic rings. The number of carbonyl (C=O) groups is 2. The summed E-state index contributed by atoms with van der Waals surface area (Å²) in [6.07, 6.45) is 0.854. The molecule has 130 valence electrons. The number of hydrogen-bond donors (Lipinski definition) is 1. The van der Waals surface area contributed by atoms with E-state index in [1.165, 1.54) is 0 Å². The molecule has 0 aromatic heterocycles. The second-order valence-electron chi connectivity index (χ2n) is 6.62. The topological polar surface area (TPSA) is 78.6 Å². The Hall–Kier alpha value is -2.04. The molecule has 0 spiro atoms. The number of ether oxygens (including phenoxy) is 2. The largest absolute Gasteiger partial charge is 0.497 e. The van der Waals surface area contributed by atoms with Crippen LogP contribution >= 0.6 is 0 Å². The van der Waals surface area contributed by atoms with Gasteiger partial charge in [-0.15, -0.1) is 0 Å². The standard InChI is InChI=1S/C13H18O2.C5H11NO2/c1-10(2)4-9-13(14)11-5-7-12(15-3)8-6-11;1-5(2,3)8-4(6)7/h5-8,10H,4,9H2,1-3H3;1-3H3,(H2,6,7). The van der Waals surface area contributed by atoms with Crippen LogP contribution in [-0.2, 0) is 4.74 Å². The highest BCUT2D eigenvalue weighted by molar-refractivity contribution is 5.96. The first-order valence-corrected chi connectivity index (χ1v) is 7.71. The molecule has 5 heteroatoms. The van der Waals surface area contributed by atoms with Gasteiger partial charge in [0.05, 0.1) is 7.11 Å². The van der Waals surface area contributed by atoms with Crippen LogP contribution < -0.4 is 10.5 Å². The smallest absolute Gasteiger partial charge is 0.405 e. The third-order valence-corrected chi connectivity index (χ3v) is 2.77. The zero-order valence-electron chi connectivity index (χ0n) is 15.0. The summed E-state index contributed by atoms with van der Waals surface area (Å²) in [4.78, 5) is 21.7. The minimum atomic E-state index is -0.725. The Morgan fingerprint density at radius 3 is 1.96 bits per heavy atom. The van der Waals surface area contributed by atoms with Crippen LogP contribution in [0, 0.1) is 5.92 Å². The van der Waals surface area contributed by atoms with Gasteiger partial charge in [-0.1, -0.05) is 13.8 Å². The van der Waals surface area contributed by atoms with Gasteiger partial charge in [0.2, 0.25) is 0 Å². The molecular formula is C18H29NO4. The summed E-state index contributed by atoms with van der Waals surface area (Å²) in [6.45, 7) is 9.54. The van der Waals surface area contributed by atoms with Crippen LogP contribution in [0.15, 0.2) is 24.3 Å². The van der Waals surface area contributed by atoms with Crippen molar-refractivity contribution in [2.24, 2.45) is 11.7 Å². The van der Waals surface area contributed by atoms with Crippen molar-refractivity contribution < 1.29 is 19.1 Å². The van der Waals surface area contributed by atoms with E-state index in [1.54, 1.807) is 27.9 Å². The molecule has 5 nitrogen and oxygen atoms in total. The molecule has 0 atom stereocenters. The van der Waals surface area contributed by atoms with E-state index in [9.17, 15) is 9.59 Å². The molecule has 0 aliphatic heterocycles. The second kappa shape index (κ2) is 9.87. The maximum absolute atomic E-state index is 11.7. The maximum Gasteiger partial charge on any atom is 0.405 e. The summed E-state index contributed by atoms with van der Waals surface area (Å²) in [5, 5.41) is 0. The minimum absolute atomic E-state index is 0.214. The lowest BCUT2D eigenvalue weighted by atomic mass is 10.0. The number of carbonyl (C=O) groups excluding carboxylic acids is 2. The molecule has 1 rings (SSSR count). The van der Waals surface area contributed by atoms with Crippen LogP contribution in [0.3, 0.4) is 0 Å². The van der Waals surface area contributed by atoms with E-state index in [-0.39, 0.29) is 5.78 Å². The molecule has 0 radical (unpaired) electrons. The third kappa shape index (κ3) is 11.2. The summed E-state index contributed by atoms with van der Waals surface area (Å²) in [7, 11) is 1.62. The van der Waals surface area contributed by atoms with E-state index in [1.807, 2.05) is 24.3 Å². The van der Waals surface area contributed by atoms with Crippen molar-refractivity contribution in [2.75, 3.05) is 7.11 Å². The molecule has 0 fully saturated rings. The summed E-state index contributed by atoms with van der Waals surface area (Å²) in [5.74, 6) is 1.58. The fraction of sp³-hybridized carbons (Fsp3) is 0.556. The molecule has 0 saturated heterocycles. The zero-order chi connectivity index (χ0) is 18.0. The number of amides is 1. The second-order valence-corrected chi connectivity index (χ2v) is 6.62. The van der Waals surface area contributed by atoms with E-state index < -0.39 is 11.7 Å². The summed E-state index contributed by atoms with van der Waals surface area (Å²) < 4.78 is 9.61. The van der Waals surface area contributed by atoms with E-state index in [4.69, 9.17) is 10.5 Å². The number of nitrogens with two attached hydrogens (primary N) is 1. The normalized spacial score (nSPS) is 10.6. The number of hydrogen-bond acceptors (Lipinski definition) is 4. The fourth-order valence-electron chi connectivity index (χ4n) is 1.64. The molecule has 0 aliphatic carbocycles. The number of methoxy groups -OCH3 is 1. The van der Waals surface area contributed by atoms with Crippen LogP contribution in [0.1, 0.15) is 57.8 Å². The average molecular weight is 323 g/mol. The average Bonchev–Trinajstić information content (AvgIpc) is 2.42. The Morgan fingerprint density at radius 2 is 1.65 bits per heavy atom. The first-order chi connectivity index (χ1) is 10.5. The molecule has 1 amide bonds. The molecule has 0 heterocycles. The van der Waals surface area contributed by atoms with Crippen molar-refractivity contribution in [3.05, 3.63) is 29.8 Å². The molecule has 1 aromatic rings. The monoisotopic (exact) mass is 323 g/mol. The van der Waals surface area contributed by atoms with E-state index in [2.05, 4.69) is 18.6 Å². The number of primary amides is 1. The van der Waals surface area contributed by atoms with Gasteiger partial charge >= 0.3 is 6.09 Å². The van der Waals surface area contributed by atoms with Gasteiger partial charge in [-0.2, -0.15) is 0 Å². The molecule has 1 aromatic carbocycles. The molecule has 0 saturated carbocycles. The van der Waals surface area contributed by atoms with Crippen molar-refractivity contribution in [1.82, 2.24) is 0 Å². The van der Waals surface area contributed by atoms with E-state index in [0.29, 0.717) is 12.3 Å². The Kier molecular flexibility index (Phi) is 9.00. The zero-order valence-corrected chi connectivity index (χ0v) is 15.0. The lowest BCUT2D eigenvalue weighted by molar-refractivity contribution is 0.0600. The van der Waals surface area contributed by atoms with Crippen LogP contribution in [0.5, 0.6) is 5.75 Å². The Labute approximate surface area is 139 Å². The maximum atomic E-state index is 11.7. The van der Waals surface area contributed by atoms with Crippen LogP contribution in [-0.4, -0.2) is 24.6 Å². The third-order valence-electron chi connectivity index (χ3n) is 2.77. The van der Waals surface area contributed by atoms with Crippen LogP contribution in [0.25, 0.3) is 0 Å². The summed E-state index contributed by atoms with van der Waals surface area (Å²) in [5.41, 5.74) is 5.04.